The number of carbonyl (C=O) groups is 1. The van der Waals surface area contributed by atoms with Crippen molar-refractivity contribution in [3.8, 4) is 11.5 Å². The molecule has 0 heterocycles. The average Bonchev–Trinajstić information content (AvgIpc) is 2.32. The summed E-state index contributed by atoms with van der Waals surface area (Å²) in [6, 6.07) is 3.66. The van der Waals surface area contributed by atoms with Gasteiger partial charge >= 0.3 is 0 Å². The highest BCUT2D eigenvalue weighted by molar-refractivity contribution is 5.96. The van der Waals surface area contributed by atoms with Crippen LogP contribution < -0.4 is 5.43 Å². The lowest BCUT2D eigenvalue weighted by Crippen LogP contribution is -2.18. The molecule has 5 nitrogen and oxygen atoms in total. The lowest BCUT2D eigenvalue weighted by molar-refractivity contribution is 0.0954. The van der Waals surface area contributed by atoms with Crippen LogP contribution in [0.5, 0.6) is 11.5 Å². The Labute approximate surface area is 105 Å². The van der Waals surface area contributed by atoms with Gasteiger partial charge in [0.25, 0.3) is 5.91 Å². The fourth-order valence-electron chi connectivity index (χ4n) is 1.30. The van der Waals surface area contributed by atoms with Crippen LogP contribution in [0.3, 0.4) is 0 Å². The maximum absolute atomic E-state index is 11.7. The zero-order valence-corrected chi connectivity index (χ0v) is 10.2. The molecular formula is C13H16N2O3. The summed E-state index contributed by atoms with van der Waals surface area (Å²) in [5.41, 5.74) is 3.27. The quantitative estimate of drug-likeness (QED) is 0.424. The molecular weight excluding hydrogens is 232 g/mol. The highest BCUT2D eigenvalue weighted by Gasteiger charge is 2.07. The number of hydrogen-bond donors (Lipinski definition) is 3. The summed E-state index contributed by atoms with van der Waals surface area (Å²) in [6.45, 7) is 5.39. The molecule has 0 spiro atoms. The zero-order valence-electron chi connectivity index (χ0n) is 10.2. The van der Waals surface area contributed by atoms with Crippen LogP contribution in [-0.2, 0) is 0 Å². The zero-order chi connectivity index (χ0) is 13.5. The minimum Gasteiger partial charge on any atom is -0.508 e. The summed E-state index contributed by atoms with van der Waals surface area (Å²) >= 11 is 0. The molecule has 0 unspecified atom stereocenters. The van der Waals surface area contributed by atoms with Gasteiger partial charge in [0.15, 0.2) is 0 Å². The van der Waals surface area contributed by atoms with Gasteiger partial charge in [-0.25, -0.2) is 5.43 Å². The normalized spacial score (nSPS) is 11.1. The third-order valence-corrected chi connectivity index (χ3v) is 2.22. The number of nitrogens with one attached hydrogen (secondary N) is 1. The number of nitrogens with zero attached hydrogens (tertiary/aromatic N) is 1. The lowest BCUT2D eigenvalue weighted by Gasteiger charge is -2.03. The van der Waals surface area contributed by atoms with Gasteiger partial charge in [-0.1, -0.05) is 6.08 Å². The summed E-state index contributed by atoms with van der Waals surface area (Å²) in [7, 11) is 0. The van der Waals surface area contributed by atoms with Gasteiger partial charge in [0.1, 0.15) is 11.5 Å². The number of aromatic hydroxyl groups is 2. The summed E-state index contributed by atoms with van der Waals surface area (Å²) in [5, 5.41) is 22.4. The molecule has 1 rings (SSSR count). The molecule has 0 atom stereocenters. The predicted octanol–water partition coefficient (Wildman–Crippen LogP) is 2.17. The Morgan fingerprint density at radius 3 is 2.56 bits per heavy atom. The van der Waals surface area contributed by atoms with Gasteiger partial charge in [-0.15, -0.1) is 6.58 Å². The second-order valence-corrected chi connectivity index (χ2v) is 3.85. The predicted molar refractivity (Wildman–Crippen MR) is 69.8 cm³/mol. The van der Waals surface area contributed by atoms with Crippen molar-refractivity contribution >= 4 is 11.6 Å². The Morgan fingerprint density at radius 2 is 2.00 bits per heavy atom. The van der Waals surface area contributed by atoms with Crippen molar-refractivity contribution in [2.45, 2.75) is 19.8 Å². The molecule has 0 aliphatic carbocycles. The minimum atomic E-state index is -0.487. The van der Waals surface area contributed by atoms with Crippen molar-refractivity contribution in [2.75, 3.05) is 0 Å². The first-order valence-corrected chi connectivity index (χ1v) is 5.50. The van der Waals surface area contributed by atoms with Crippen LogP contribution >= 0.6 is 0 Å². The van der Waals surface area contributed by atoms with Crippen LogP contribution in [0.25, 0.3) is 0 Å². The first-order valence-electron chi connectivity index (χ1n) is 5.50. The molecule has 0 radical (unpaired) electrons. The van der Waals surface area contributed by atoms with Crippen LogP contribution in [0.2, 0.25) is 0 Å². The maximum atomic E-state index is 11.7. The molecule has 3 N–H and O–H groups in total. The Balaban J connectivity index is 2.67. The molecule has 0 saturated carbocycles. The third kappa shape index (κ3) is 4.29. The van der Waals surface area contributed by atoms with Gasteiger partial charge in [0, 0.05) is 17.3 Å². The first kappa shape index (κ1) is 13.8. The number of phenolic OH excluding ortho intramolecular Hbond substituents is 2. The number of rotatable bonds is 5. The summed E-state index contributed by atoms with van der Waals surface area (Å²) in [4.78, 5) is 11.7. The number of amides is 1. The SMILES string of the molecule is C=CCC/C(C)=N/NC(=O)c1cc(O)cc(O)c1. The summed E-state index contributed by atoms with van der Waals surface area (Å²) in [5.74, 6) is -0.834. The van der Waals surface area contributed by atoms with Crippen molar-refractivity contribution in [3.05, 3.63) is 36.4 Å². The topological polar surface area (TPSA) is 81.9 Å². The lowest BCUT2D eigenvalue weighted by atomic mass is 10.2. The van der Waals surface area contributed by atoms with Gasteiger partial charge < -0.3 is 10.2 Å². The van der Waals surface area contributed by atoms with Crippen LogP contribution in [0, 0.1) is 0 Å². The highest BCUT2D eigenvalue weighted by atomic mass is 16.3. The number of allylic oxidation sites excluding steroid dienone is 1. The molecule has 0 fully saturated rings. The van der Waals surface area contributed by atoms with Gasteiger partial charge in [-0.05, 0) is 31.9 Å². The highest BCUT2D eigenvalue weighted by Crippen LogP contribution is 2.20. The molecule has 1 aromatic rings. The van der Waals surface area contributed by atoms with Crippen molar-refractivity contribution in [1.82, 2.24) is 5.43 Å². The van der Waals surface area contributed by atoms with Gasteiger partial charge in [-0.3, -0.25) is 4.79 Å². The standard InChI is InChI=1S/C13H16N2O3/c1-3-4-5-9(2)14-15-13(18)10-6-11(16)8-12(17)7-10/h3,6-8,16-17H,1,4-5H2,2H3,(H,15,18)/b14-9+. The number of phenols is 2. The Kier molecular flexibility index (Phi) is 4.92. The van der Waals surface area contributed by atoms with E-state index >= 15 is 0 Å². The van der Waals surface area contributed by atoms with Crippen molar-refractivity contribution < 1.29 is 15.0 Å². The maximum Gasteiger partial charge on any atom is 0.271 e. The summed E-state index contributed by atoms with van der Waals surface area (Å²) in [6.07, 6.45) is 3.28. The van der Waals surface area contributed by atoms with E-state index in [1.54, 1.807) is 13.0 Å². The Bertz CT molecular complexity index is 461. The van der Waals surface area contributed by atoms with E-state index in [9.17, 15) is 15.0 Å². The number of hydrogen-bond acceptors (Lipinski definition) is 4. The smallest absolute Gasteiger partial charge is 0.271 e. The molecule has 1 aromatic carbocycles. The van der Waals surface area contributed by atoms with E-state index in [0.29, 0.717) is 0 Å². The Hall–Kier alpha value is -2.30. The monoisotopic (exact) mass is 248 g/mol. The van der Waals surface area contributed by atoms with E-state index < -0.39 is 5.91 Å². The molecule has 1 amide bonds. The number of carbonyl (C=O) groups excluding carboxylic acids is 1. The minimum absolute atomic E-state index is 0.146. The fraction of sp³-hybridized carbons (Fsp3) is 0.231. The van der Waals surface area contributed by atoms with Gasteiger partial charge in [0.2, 0.25) is 0 Å². The van der Waals surface area contributed by atoms with Crippen LogP contribution in [0.15, 0.2) is 36.0 Å². The first-order chi connectivity index (χ1) is 8.52. The van der Waals surface area contributed by atoms with Gasteiger partial charge in [-0.2, -0.15) is 5.10 Å². The second-order valence-electron chi connectivity index (χ2n) is 3.85. The third-order valence-electron chi connectivity index (χ3n) is 2.22. The van der Waals surface area contributed by atoms with E-state index in [4.69, 9.17) is 0 Å². The summed E-state index contributed by atoms with van der Waals surface area (Å²) < 4.78 is 0. The van der Waals surface area contributed by atoms with Crippen molar-refractivity contribution in [2.24, 2.45) is 5.10 Å². The number of hydrazone groups is 1. The molecule has 5 heteroatoms. The second kappa shape index (κ2) is 6.44. The van der Waals surface area contributed by atoms with E-state index in [2.05, 4.69) is 17.1 Å². The van der Waals surface area contributed by atoms with E-state index in [1.807, 2.05) is 0 Å². The molecule has 0 aliphatic rings. The van der Waals surface area contributed by atoms with E-state index in [0.717, 1.165) is 24.6 Å². The van der Waals surface area contributed by atoms with Crippen molar-refractivity contribution in [1.29, 1.82) is 0 Å². The van der Waals surface area contributed by atoms with E-state index in [-0.39, 0.29) is 17.1 Å². The van der Waals surface area contributed by atoms with Crippen LogP contribution in [0.1, 0.15) is 30.1 Å². The van der Waals surface area contributed by atoms with Crippen molar-refractivity contribution in [3.63, 3.8) is 0 Å². The number of benzene rings is 1. The van der Waals surface area contributed by atoms with Gasteiger partial charge in [0.05, 0.1) is 0 Å². The average molecular weight is 248 g/mol. The fourth-order valence-corrected chi connectivity index (χ4v) is 1.30. The molecule has 18 heavy (non-hydrogen) atoms. The molecule has 0 aliphatic heterocycles. The molecule has 96 valence electrons. The van der Waals surface area contributed by atoms with Crippen LogP contribution in [-0.4, -0.2) is 21.8 Å². The van der Waals surface area contributed by atoms with Crippen LogP contribution in [0.4, 0.5) is 0 Å². The largest absolute Gasteiger partial charge is 0.508 e. The Morgan fingerprint density at radius 1 is 1.39 bits per heavy atom. The molecule has 0 bridgehead atoms. The molecule has 0 saturated heterocycles. The van der Waals surface area contributed by atoms with E-state index in [1.165, 1.54) is 12.1 Å². The molecule has 0 aromatic heterocycles.